The highest BCUT2D eigenvalue weighted by Gasteiger charge is 2.05. The van der Waals surface area contributed by atoms with E-state index in [0.29, 0.717) is 6.42 Å². The summed E-state index contributed by atoms with van der Waals surface area (Å²) in [5.41, 5.74) is 1.99. The van der Waals surface area contributed by atoms with Gasteiger partial charge in [-0.25, -0.2) is 0 Å². The summed E-state index contributed by atoms with van der Waals surface area (Å²) >= 11 is 1.70. The van der Waals surface area contributed by atoms with Gasteiger partial charge in [0.15, 0.2) is 0 Å². The normalized spacial score (nSPS) is 11.6. The smallest absolute Gasteiger partial charge is 0.134 e. The van der Waals surface area contributed by atoms with Crippen LogP contribution in [0.15, 0.2) is 18.2 Å². The first-order valence-corrected chi connectivity index (χ1v) is 7.25. The summed E-state index contributed by atoms with van der Waals surface area (Å²) in [6.45, 7) is 2.25. The molecule has 1 atom stereocenters. The first-order valence-electron chi connectivity index (χ1n) is 6.20. The Morgan fingerprint density at radius 3 is 2.79 bits per heavy atom. The maximum atomic E-state index is 9.01. The summed E-state index contributed by atoms with van der Waals surface area (Å²) in [4.78, 5) is 0. The summed E-state index contributed by atoms with van der Waals surface area (Å²) in [6, 6.07) is 5.91. The van der Waals surface area contributed by atoms with Gasteiger partial charge in [0.05, 0.1) is 25.9 Å². The zero-order valence-electron chi connectivity index (χ0n) is 11.3. The van der Waals surface area contributed by atoms with Gasteiger partial charge in [0, 0.05) is 17.4 Å². The van der Waals surface area contributed by atoms with Crippen LogP contribution in [0.1, 0.15) is 24.5 Å². The molecule has 3 nitrogen and oxygen atoms in total. The van der Waals surface area contributed by atoms with Crippen molar-refractivity contribution < 1.29 is 14.9 Å². The van der Waals surface area contributed by atoms with Crippen LogP contribution in [-0.2, 0) is 5.75 Å². The maximum absolute atomic E-state index is 9.01. The highest BCUT2D eigenvalue weighted by atomic mass is 32.2. The third-order valence-electron chi connectivity index (χ3n) is 2.52. The lowest BCUT2D eigenvalue weighted by atomic mass is 10.1. The standard InChI is InChI=1S/C15H20O3S/c1-12(10-17)19-11-13-6-7-15(18-2)14(9-13)5-3-4-8-16/h6-7,9,12,16-17H,4,8,10-11H2,1-2H3. The second-order valence-corrected chi connectivity index (χ2v) is 5.54. The summed E-state index contributed by atoms with van der Waals surface area (Å²) in [6.07, 6.45) is 0.462. The van der Waals surface area contributed by atoms with Crippen molar-refractivity contribution >= 4 is 11.8 Å². The molecule has 0 bridgehead atoms. The van der Waals surface area contributed by atoms with Crippen molar-refractivity contribution in [3.8, 4) is 17.6 Å². The molecule has 0 aromatic heterocycles. The monoisotopic (exact) mass is 280 g/mol. The van der Waals surface area contributed by atoms with Crippen molar-refractivity contribution in [3.63, 3.8) is 0 Å². The van der Waals surface area contributed by atoms with Gasteiger partial charge < -0.3 is 14.9 Å². The van der Waals surface area contributed by atoms with Gasteiger partial charge in [-0.3, -0.25) is 0 Å². The molecule has 104 valence electrons. The number of hydrogen-bond donors (Lipinski definition) is 2. The van der Waals surface area contributed by atoms with Crippen LogP contribution in [0.25, 0.3) is 0 Å². The van der Waals surface area contributed by atoms with Gasteiger partial charge in [-0.05, 0) is 17.7 Å². The summed E-state index contributed by atoms with van der Waals surface area (Å²) in [7, 11) is 1.62. The molecule has 0 aliphatic carbocycles. The second kappa shape index (κ2) is 8.87. The molecule has 1 unspecified atom stereocenters. The largest absolute Gasteiger partial charge is 0.495 e. The number of ether oxygens (including phenoxy) is 1. The van der Waals surface area contributed by atoms with E-state index in [1.807, 2.05) is 25.1 Å². The Bertz CT molecular complexity index is 448. The number of aliphatic hydroxyl groups is 2. The molecule has 1 aromatic rings. The van der Waals surface area contributed by atoms with Crippen molar-refractivity contribution in [1.82, 2.24) is 0 Å². The van der Waals surface area contributed by atoms with E-state index in [4.69, 9.17) is 14.9 Å². The van der Waals surface area contributed by atoms with Crippen molar-refractivity contribution in [2.24, 2.45) is 0 Å². The minimum Gasteiger partial charge on any atom is -0.495 e. The van der Waals surface area contributed by atoms with E-state index < -0.39 is 0 Å². The van der Waals surface area contributed by atoms with Crippen LogP contribution in [0.3, 0.4) is 0 Å². The molecule has 2 N–H and O–H groups in total. The highest BCUT2D eigenvalue weighted by molar-refractivity contribution is 7.99. The van der Waals surface area contributed by atoms with Gasteiger partial charge >= 0.3 is 0 Å². The van der Waals surface area contributed by atoms with Crippen LogP contribution in [0.5, 0.6) is 5.75 Å². The lowest BCUT2D eigenvalue weighted by Gasteiger charge is -2.09. The van der Waals surface area contributed by atoms with Gasteiger partial charge in [-0.15, -0.1) is 0 Å². The molecule has 0 fully saturated rings. The second-order valence-electron chi connectivity index (χ2n) is 4.11. The van der Waals surface area contributed by atoms with Gasteiger partial charge in [-0.2, -0.15) is 11.8 Å². The number of methoxy groups -OCH3 is 1. The third kappa shape index (κ3) is 5.56. The van der Waals surface area contributed by atoms with Crippen LogP contribution in [0, 0.1) is 11.8 Å². The zero-order chi connectivity index (χ0) is 14.1. The van der Waals surface area contributed by atoms with Gasteiger partial charge in [0.2, 0.25) is 0 Å². The Kier molecular flexibility index (Phi) is 7.42. The fourth-order valence-corrected chi connectivity index (χ4v) is 2.21. The van der Waals surface area contributed by atoms with Crippen molar-refractivity contribution in [1.29, 1.82) is 0 Å². The molecule has 0 spiro atoms. The Morgan fingerprint density at radius 1 is 1.37 bits per heavy atom. The van der Waals surface area contributed by atoms with Crippen molar-refractivity contribution in [2.45, 2.75) is 24.3 Å². The van der Waals surface area contributed by atoms with E-state index in [2.05, 4.69) is 11.8 Å². The highest BCUT2D eigenvalue weighted by Crippen LogP contribution is 2.23. The van der Waals surface area contributed by atoms with Gasteiger partial charge in [-0.1, -0.05) is 24.8 Å². The molecule has 0 aliphatic heterocycles. The molecule has 4 heteroatoms. The molecule has 0 saturated heterocycles. The summed E-state index contributed by atoms with van der Waals surface area (Å²) in [5, 5.41) is 18.0. The van der Waals surface area contributed by atoms with Crippen molar-refractivity contribution in [2.75, 3.05) is 20.3 Å². The average molecular weight is 280 g/mol. The van der Waals surface area contributed by atoms with Crippen LogP contribution >= 0.6 is 11.8 Å². The lowest BCUT2D eigenvalue weighted by molar-refractivity contribution is 0.300. The van der Waals surface area contributed by atoms with Crippen molar-refractivity contribution in [3.05, 3.63) is 29.3 Å². The Balaban J connectivity index is 2.80. The van der Waals surface area contributed by atoms with Gasteiger partial charge in [0.25, 0.3) is 0 Å². The Morgan fingerprint density at radius 2 is 2.16 bits per heavy atom. The van der Waals surface area contributed by atoms with E-state index in [0.717, 1.165) is 22.6 Å². The van der Waals surface area contributed by atoms with E-state index in [1.165, 1.54) is 0 Å². The Hall–Kier alpha value is -1.15. The number of hydrogen-bond acceptors (Lipinski definition) is 4. The molecular formula is C15H20O3S. The molecule has 0 aliphatic rings. The molecule has 0 radical (unpaired) electrons. The zero-order valence-corrected chi connectivity index (χ0v) is 12.2. The molecule has 19 heavy (non-hydrogen) atoms. The summed E-state index contributed by atoms with van der Waals surface area (Å²) < 4.78 is 5.27. The molecular weight excluding hydrogens is 260 g/mol. The average Bonchev–Trinajstić information content (AvgIpc) is 2.45. The van der Waals surface area contributed by atoms with Crippen LogP contribution < -0.4 is 4.74 Å². The Labute approximate surface area is 119 Å². The third-order valence-corrected chi connectivity index (χ3v) is 3.73. The van der Waals surface area contributed by atoms with E-state index in [-0.39, 0.29) is 18.5 Å². The topological polar surface area (TPSA) is 49.7 Å². The fourth-order valence-electron chi connectivity index (χ4n) is 1.45. The minimum atomic E-state index is 0.0683. The van der Waals surface area contributed by atoms with E-state index >= 15 is 0 Å². The first kappa shape index (κ1) is 15.9. The molecule has 0 amide bonds. The van der Waals surface area contributed by atoms with Gasteiger partial charge in [0.1, 0.15) is 5.75 Å². The predicted octanol–water partition coefficient (Wildman–Crippen LogP) is 2.04. The molecule has 0 saturated carbocycles. The van der Waals surface area contributed by atoms with Crippen LogP contribution in [0.2, 0.25) is 0 Å². The maximum Gasteiger partial charge on any atom is 0.134 e. The number of rotatable bonds is 6. The minimum absolute atomic E-state index is 0.0683. The number of benzene rings is 1. The fraction of sp³-hybridized carbons (Fsp3) is 0.467. The summed E-state index contributed by atoms with van der Waals surface area (Å²) in [5.74, 6) is 7.49. The quantitative estimate of drug-likeness (QED) is 0.783. The first-order chi connectivity index (χ1) is 9.21. The van der Waals surface area contributed by atoms with E-state index in [1.54, 1.807) is 18.9 Å². The lowest BCUT2D eigenvalue weighted by Crippen LogP contribution is -2.02. The molecule has 0 heterocycles. The molecule has 1 aromatic carbocycles. The van der Waals surface area contributed by atoms with Crippen LogP contribution in [0.4, 0.5) is 0 Å². The van der Waals surface area contributed by atoms with E-state index in [9.17, 15) is 0 Å². The predicted molar refractivity (Wildman–Crippen MR) is 79.4 cm³/mol. The molecule has 1 rings (SSSR count). The number of aliphatic hydroxyl groups excluding tert-OH is 2. The van der Waals surface area contributed by atoms with Crippen LogP contribution in [-0.4, -0.2) is 35.8 Å². The number of thioether (sulfide) groups is 1. The SMILES string of the molecule is COc1ccc(CSC(C)CO)cc1C#CCCO.